The molecule has 58 valence electrons. The van der Waals surface area contributed by atoms with Crippen molar-refractivity contribution in [3.63, 3.8) is 0 Å². The molecule has 0 radical (unpaired) electrons. The molecule has 1 aromatic carbocycles. The molecule has 0 unspecified atom stereocenters. The quantitative estimate of drug-likeness (QED) is 0.606. The maximum atomic E-state index is 13.1. The Hall–Kier alpha value is -0.820. The first-order chi connectivity index (χ1) is 5.16. The minimum atomic E-state index is -0.387. The van der Waals surface area contributed by atoms with Gasteiger partial charge in [0.25, 0.3) is 0 Å². The highest BCUT2D eigenvalue weighted by atomic mass is 35.5. The molecule has 0 amide bonds. The van der Waals surface area contributed by atoms with Crippen molar-refractivity contribution in [2.75, 3.05) is 0 Å². The molecule has 0 N–H and O–H groups in total. The predicted molar refractivity (Wildman–Crippen MR) is 46.2 cm³/mol. The second kappa shape index (κ2) is 3.05. The predicted octanol–water partition coefficient (Wildman–Crippen LogP) is 3.43. The molecule has 0 fully saturated rings. The summed E-state index contributed by atoms with van der Waals surface area (Å²) >= 11 is 5.54. The van der Waals surface area contributed by atoms with E-state index in [9.17, 15) is 4.39 Å². The van der Waals surface area contributed by atoms with Crippen LogP contribution in [0.4, 0.5) is 4.39 Å². The Labute approximate surface area is 70.3 Å². The van der Waals surface area contributed by atoms with Crippen LogP contribution in [-0.2, 0) is 0 Å². The Morgan fingerprint density at radius 2 is 2.18 bits per heavy atom. The van der Waals surface area contributed by atoms with Gasteiger partial charge in [0.15, 0.2) is 0 Å². The molecule has 1 rings (SSSR count). The van der Waals surface area contributed by atoms with Crippen molar-refractivity contribution in [3.8, 4) is 0 Å². The highest BCUT2D eigenvalue weighted by Gasteiger charge is 2.05. The molecule has 0 bridgehead atoms. The molecular weight excluding hydrogens is 163 g/mol. The maximum absolute atomic E-state index is 13.1. The lowest BCUT2D eigenvalue weighted by atomic mass is 10.1. The SMILES string of the molecule is C=Cc1c(C)ccc(Cl)c1F. The molecule has 0 saturated carbocycles. The maximum Gasteiger partial charge on any atom is 0.149 e. The molecule has 2 heteroatoms. The van der Waals surface area contributed by atoms with Gasteiger partial charge in [-0.25, -0.2) is 4.39 Å². The minimum Gasteiger partial charge on any atom is -0.205 e. The van der Waals surface area contributed by atoms with Crippen LogP contribution in [-0.4, -0.2) is 0 Å². The van der Waals surface area contributed by atoms with Crippen molar-refractivity contribution in [3.05, 3.63) is 40.7 Å². The molecular formula is C9H8ClF. The van der Waals surface area contributed by atoms with E-state index in [0.717, 1.165) is 5.56 Å². The third kappa shape index (κ3) is 1.43. The van der Waals surface area contributed by atoms with Gasteiger partial charge in [0.2, 0.25) is 0 Å². The van der Waals surface area contributed by atoms with Crippen molar-refractivity contribution in [2.45, 2.75) is 6.92 Å². The van der Waals surface area contributed by atoms with E-state index in [2.05, 4.69) is 6.58 Å². The van der Waals surface area contributed by atoms with Gasteiger partial charge in [-0.2, -0.15) is 0 Å². The fourth-order valence-corrected chi connectivity index (χ4v) is 1.08. The van der Waals surface area contributed by atoms with Gasteiger partial charge in [0, 0.05) is 5.56 Å². The summed E-state index contributed by atoms with van der Waals surface area (Å²) in [6.07, 6.45) is 1.47. The van der Waals surface area contributed by atoms with Crippen LogP contribution in [0.1, 0.15) is 11.1 Å². The third-order valence-electron chi connectivity index (χ3n) is 1.55. The van der Waals surface area contributed by atoms with Gasteiger partial charge >= 0.3 is 0 Å². The molecule has 0 aromatic heterocycles. The Bertz CT molecular complexity index is 292. The largest absolute Gasteiger partial charge is 0.205 e. The van der Waals surface area contributed by atoms with Gasteiger partial charge in [-0.3, -0.25) is 0 Å². The van der Waals surface area contributed by atoms with Crippen molar-refractivity contribution in [1.82, 2.24) is 0 Å². The van der Waals surface area contributed by atoms with Crippen LogP contribution in [0.15, 0.2) is 18.7 Å². The molecule has 0 aliphatic carbocycles. The van der Waals surface area contributed by atoms with E-state index in [1.807, 2.05) is 6.92 Å². The molecule has 0 spiro atoms. The van der Waals surface area contributed by atoms with E-state index in [1.165, 1.54) is 6.08 Å². The Kier molecular flexibility index (Phi) is 2.30. The van der Waals surface area contributed by atoms with Crippen LogP contribution in [0.3, 0.4) is 0 Å². The normalized spacial score (nSPS) is 9.73. The number of hydrogen-bond acceptors (Lipinski definition) is 0. The van der Waals surface area contributed by atoms with E-state index < -0.39 is 0 Å². The van der Waals surface area contributed by atoms with Crippen molar-refractivity contribution < 1.29 is 4.39 Å². The average molecular weight is 171 g/mol. The van der Waals surface area contributed by atoms with Crippen molar-refractivity contribution in [2.24, 2.45) is 0 Å². The zero-order valence-electron chi connectivity index (χ0n) is 6.20. The molecule has 0 aliphatic heterocycles. The fourth-order valence-electron chi connectivity index (χ4n) is 0.913. The zero-order chi connectivity index (χ0) is 8.43. The molecule has 1 aromatic rings. The lowest BCUT2D eigenvalue weighted by molar-refractivity contribution is 0.624. The smallest absolute Gasteiger partial charge is 0.149 e. The standard InChI is InChI=1S/C9H8ClF/c1-3-7-6(2)4-5-8(10)9(7)11/h3-5H,1H2,2H3. The van der Waals surface area contributed by atoms with Crippen molar-refractivity contribution in [1.29, 1.82) is 0 Å². The summed E-state index contributed by atoms with van der Waals surface area (Å²) in [5.74, 6) is -0.387. The number of rotatable bonds is 1. The van der Waals surface area contributed by atoms with E-state index in [1.54, 1.807) is 12.1 Å². The Morgan fingerprint density at radius 1 is 1.55 bits per heavy atom. The number of hydrogen-bond donors (Lipinski definition) is 0. The molecule has 0 atom stereocenters. The molecule has 0 aliphatic rings. The van der Waals surface area contributed by atoms with Crippen LogP contribution >= 0.6 is 11.6 Å². The first-order valence-electron chi connectivity index (χ1n) is 3.24. The van der Waals surface area contributed by atoms with Gasteiger partial charge < -0.3 is 0 Å². The van der Waals surface area contributed by atoms with Crippen LogP contribution < -0.4 is 0 Å². The lowest BCUT2D eigenvalue weighted by Crippen LogP contribution is -1.87. The van der Waals surface area contributed by atoms with E-state index in [-0.39, 0.29) is 10.8 Å². The van der Waals surface area contributed by atoms with Gasteiger partial charge in [-0.1, -0.05) is 30.3 Å². The first kappa shape index (κ1) is 8.28. The summed E-state index contributed by atoms with van der Waals surface area (Å²) in [5.41, 5.74) is 1.33. The second-order valence-electron chi connectivity index (χ2n) is 2.30. The Morgan fingerprint density at radius 3 is 2.64 bits per heavy atom. The molecule has 11 heavy (non-hydrogen) atoms. The second-order valence-corrected chi connectivity index (χ2v) is 2.70. The van der Waals surface area contributed by atoms with Gasteiger partial charge in [-0.15, -0.1) is 0 Å². The topological polar surface area (TPSA) is 0 Å². The number of halogens is 2. The van der Waals surface area contributed by atoms with E-state index >= 15 is 0 Å². The number of benzene rings is 1. The monoisotopic (exact) mass is 170 g/mol. The van der Waals surface area contributed by atoms with Crippen LogP contribution in [0, 0.1) is 12.7 Å². The summed E-state index contributed by atoms with van der Waals surface area (Å²) in [5, 5.41) is 0.144. The summed E-state index contributed by atoms with van der Waals surface area (Å²) < 4.78 is 13.1. The Balaban J connectivity index is 3.40. The zero-order valence-corrected chi connectivity index (χ0v) is 6.95. The van der Waals surface area contributed by atoms with Crippen LogP contribution in [0.2, 0.25) is 5.02 Å². The molecule has 0 saturated heterocycles. The van der Waals surface area contributed by atoms with Gasteiger partial charge in [-0.05, 0) is 18.6 Å². The third-order valence-corrected chi connectivity index (χ3v) is 1.85. The molecule has 0 nitrogen and oxygen atoms in total. The summed E-state index contributed by atoms with van der Waals surface area (Å²) in [7, 11) is 0. The fraction of sp³-hybridized carbons (Fsp3) is 0.111. The highest BCUT2D eigenvalue weighted by Crippen LogP contribution is 2.21. The average Bonchev–Trinajstić information content (AvgIpc) is 1.99. The van der Waals surface area contributed by atoms with E-state index in [4.69, 9.17) is 11.6 Å². The van der Waals surface area contributed by atoms with Gasteiger partial charge in [0.1, 0.15) is 5.82 Å². The summed E-state index contributed by atoms with van der Waals surface area (Å²) in [4.78, 5) is 0. The van der Waals surface area contributed by atoms with E-state index in [0.29, 0.717) is 5.56 Å². The summed E-state index contributed by atoms with van der Waals surface area (Å²) in [6.45, 7) is 5.31. The van der Waals surface area contributed by atoms with Crippen molar-refractivity contribution >= 4 is 17.7 Å². The molecule has 0 heterocycles. The van der Waals surface area contributed by atoms with Gasteiger partial charge in [0.05, 0.1) is 5.02 Å². The number of aryl methyl sites for hydroxylation is 1. The van der Waals surface area contributed by atoms with Crippen LogP contribution in [0.25, 0.3) is 6.08 Å². The summed E-state index contributed by atoms with van der Waals surface area (Å²) in [6, 6.07) is 3.31. The first-order valence-corrected chi connectivity index (χ1v) is 3.61. The van der Waals surface area contributed by atoms with Crippen LogP contribution in [0.5, 0.6) is 0 Å². The minimum absolute atomic E-state index is 0.144. The highest BCUT2D eigenvalue weighted by molar-refractivity contribution is 6.30. The lowest BCUT2D eigenvalue weighted by Gasteiger charge is -2.02.